The number of nitrogens with one attached hydrogen (secondary N) is 1. The minimum atomic E-state index is -0.979. The lowest BCUT2D eigenvalue weighted by Crippen LogP contribution is -2.09. The predicted octanol–water partition coefficient (Wildman–Crippen LogP) is 3.31. The first-order valence-electron chi connectivity index (χ1n) is 8.40. The molecule has 144 valence electrons. The van der Waals surface area contributed by atoms with E-state index in [1.165, 1.54) is 30.0 Å². The monoisotopic (exact) mass is 398 g/mol. The zero-order valence-corrected chi connectivity index (χ0v) is 15.9. The van der Waals surface area contributed by atoms with Gasteiger partial charge in [0, 0.05) is 17.4 Å². The number of hydrogen-bond donors (Lipinski definition) is 2. The van der Waals surface area contributed by atoms with Crippen molar-refractivity contribution in [2.24, 2.45) is 0 Å². The van der Waals surface area contributed by atoms with Crippen molar-refractivity contribution in [1.82, 2.24) is 9.97 Å². The van der Waals surface area contributed by atoms with Gasteiger partial charge < -0.3 is 19.6 Å². The van der Waals surface area contributed by atoms with Crippen molar-refractivity contribution in [3.05, 3.63) is 70.5 Å². The number of carboxylic acids is 1. The summed E-state index contributed by atoms with van der Waals surface area (Å²) < 4.78 is 10.8. The Morgan fingerprint density at radius 3 is 2.64 bits per heavy atom. The van der Waals surface area contributed by atoms with Crippen LogP contribution >= 0.6 is 11.8 Å². The van der Waals surface area contributed by atoms with Gasteiger partial charge in [0.05, 0.1) is 25.0 Å². The quantitative estimate of drug-likeness (QED) is 0.341. The van der Waals surface area contributed by atoms with E-state index in [2.05, 4.69) is 9.97 Å². The van der Waals surface area contributed by atoms with Gasteiger partial charge in [-0.25, -0.2) is 9.78 Å². The van der Waals surface area contributed by atoms with Crippen molar-refractivity contribution in [3.8, 4) is 22.8 Å². The molecule has 0 amide bonds. The molecule has 28 heavy (non-hydrogen) atoms. The highest BCUT2D eigenvalue weighted by atomic mass is 32.2. The van der Waals surface area contributed by atoms with Crippen LogP contribution in [-0.4, -0.2) is 40.5 Å². The molecule has 8 heteroatoms. The standard InChI is InChI=1S/C20H18N2O5S/c1-26-16-4-2-3-14(11-16)17-12-18(23)22-20(21-17)28-10-9-27-15-7-5-13(6-8-15)19(24)25/h2-8,11-12H,9-10H2,1H3,(H,24,25)(H,21,22,23). The third-order valence-electron chi connectivity index (χ3n) is 3.78. The molecule has 2 aromatic carbocycles. The molecule has 3 rings (SSSR count). The average molecular weight is 398 g/mol. The Labute approximate surface area is 165 Å². The van der Waals surface area contributed by atoms with Gasteiger partial charge in [0.15, 0.2) is 5.16 Å². The van der Waals surface area contributed by atoms with Gasteiger partial charge in [0.1, 0.15) is 11.5 Å². The van der Waals surface area contributed by atoms with Gasteiger partial charge in [-0.05, 0) is 36.4 Å². The second-order valence-electron chi connectivity index (χ2n) is 5.69. The Morgan fingerprint density at radius 2 is 1.93 bits per heavy atom. The van der Waals surface area contributed by atoms with Gasteiger partial charge in [0.2, 0.25) is 0 Å². The summed E-state index contributed by atoms with van der Waals surface area (Å²) in [5, 5.41) is 9.38. The minimum absolute atomic E-state index is 0.206. The zero-order chi connectivity index (χ0) is 19.9. The van der Waals surface area contributed by atoms with Crippen molar-refractivity contribution in [1.29, 1.82) is 0 Å². The maximum absolute atomic E-state index is 12.0. The fourth-order valence-corrected chi connectivity index (χ4v) is 3.12. The number of nitrogens with zero attached hydrogens (tertiary/aromatic N) is 1. The van der Waals surface area contributed by atoms with Crippen LogP contribution in [0.5, 0.6) is 11.5 Å². The van der Waals surface area contributed by atoms with Crippen LogP contribution in [0.1, 0.15) is 10.4 Å². The summed E-state index contributed by atoms with van der Waals surface area (Å²) in [4.78, 5) is 30.0. The number of carboxylic acid groups (broad SMARTS) is 1. The van der Waals surface area contributed by atoms with Crippen LogP contribution in [0.4, 0.5) is 0 Å². The number of carbonyl (C=O) groups is 1. The van der Waals surface area contributed by atoms with Crippen molar-refractivity contribution >= 4 is 17.7 Å². The van der Waals surface area contributed by atoms with E-state index in [0.717, 1.165) is 5.56 Å². The lowest BCUT2D eigenvalue weighted by atomic mass is 10.1. The van der Waals surface area contributed by atoms with Crippen LogP contribution < -0.4 is 15.0 Å². The van der Waals surface area contributed by atoms with E-state index in [1.54, 1.807) is 19.2 Å². The van der Waals surface area contributed by atoms with E-state index < -0.39 is 5.97 Å². The first-order chi connectivity index (χ1) is 13.5. The minimum Gasteiger partial charge on any atom is -0.497 e. The predicted molar refractivity (Wildman–Crippen MR) is 106 cm³/mol. The van der Waals surface area contributed by atoms with Crippen LogP contribution in [0, 0.1) is 0 Å². The largest absolute Gasteiger partial charge is 0.497 e. The van der Waals surface area contributed by atoms with Gasteiger partial charge in [-0.3, -0.25) is 4.79 Å². The molecule has 0 aliphatic heterocycles. The number of methoxy groups -OCH3 is 1. The lowest BCUT2D eigenvalue weighted by molar-refractivity contribution is 0.0697. The molecular formula is C20H18N2O5S. The van der Waals surface area contributed by atoms with E-state index in [1.807, 2.05) is 24.3 Å². The van der Waals surface area contributed by atoms with Gasteiger partial charge >= 0.3 is 5.97 Å². The van der Waals surface area contributed by atoms with Crippen LogP contribution in [0.3, 0.4) is 0 Å². The molecule has 0 atom stereocenters. The number of aromatic amines is 1. The lowest BCUT2D eigenvalue weighted by Gasteiger charge is -2.07. The van der Waals surface area contributed by atoms with E-state index in [-0.39, 0.29) is 11.1 Å². The maximum Gasteiger partial charge on any atom is 0.335 e. The summed E-state index contributed by atoms with van der Waals surface area (Å²) in [6.45, 7) is 0.379. The van der Waals surface area contributed by atoms with Crippen molar-refractivity contribution < 1.29 is 19.4 Å². The van der Waals surface area contributed by atoms with Gasteiger partial charge in [-0.1, -0.05) is 23.9 Å². The zero-order valence-electron chi connectivity index (χ0n) is 15.0. The van der Waals surface area contributed by atoms with Crippen molar-refractivity contribution in [2.45, 2.75) is 5.16 Å². The number of H-pyrrole nitrogens is 1. The Hall–Kier alpha value is -3.26. The van der Waals surface area contributed by atoms with E-state index >= 15 is 0 Å². The highest BCUT2D eigenvalue weighted by Crippen LogP contribution is 2.23. The maximum atomic E-state index is 12.0. The molecule has 0 aliphatic rings. The van der Waals surface area contributed by atoms with Crippen LogP contribution in [0.25, 0.3) is 11.3 Å². The third kappa shape index (κ3) is 5.14. The van der Waals surface area contributed by atoms with Gasteiger partial charge in [0.25, 0.3) is 5.56 Å². The fourth-order valence-electron chi connectivity index (χ4n) is 2.43. The van der Waals surface area contributed by atoms with E-state index in [4.69, 9.17) is 14.6 Å². The van der Waals surface area contributed by atoms with E-state index in [0.29, 0.717) is 34.7 Å². The van der Waals surface area contributed by atoms with Gasteiger partial charge in [-0.15, -0.1) is 0 Å². The second kappa shape index (κ2) is 9.09. The Bertz CT molecular complexity index is 1020. The first kappa shape index (κ1) is 19.5. The second-order valence-corrected chi connectivity index (χ2v) is 6.78. The summed E-state index contributed by atoms with van der Waals surface area (Å²) in [6.07, 6.45) is 0. The molecule has 0 aliphatic carbocycles. The number of ether oxygens (including phenoxy) is 2. The molecule has 0 bridgehead atoms. The molecule has 3 aromatic rings. The highest BCUT2D eigenvalue weighted by molar-refractivity contribution is 7.99. The van der Waals surface area contributed by atoms with Crippen LogP contribution in [0.2, 0.25) is 0 Å². The molecule has 0 saturated carbocycles. The summed E-state index contributed by atoms with van der Waals surface area (Å²) in [5.74, 6) is 0.854. The number of aromatic carboxylic acids is 1. The Balaban J connectivity index is 1.60. The van der Waals surface area contributed by atoms with E-state index in [9.17, 15) is 9.59 Å². The normalized spacial score (nSPS) is 10.5. The topological polar surface area (TPSA) is 102 Å². The highest BCUT2D eigenvalue weighted by Gasteiger charge is 2.07. The SMILES string of the molecule is COc1cccc(-c2cc(=O)[nH]c(SCCOc3ccc(C(=O)O)cc3)n2)c1. The molecule has 0 unspecified atom stereocenters. The number of thioether (sulfide) groups is 1. The van der Waals surface area contributed by atoms with Gasteiger partial charge in [-0.2, -0.15) is 0 Å². The molecule has 0 spiro atoms. The van der Waals surface area contributed by atoms with Crippen LogP contribution in [-0.2, 0) is 0 Å². The number of benzene rings is 2. The summed E-state index contributed by atoms with van der Waals surface area (Å²) in [5.41, 5.74) is 1.33. The smallest absolute Gasteiger partial charge is 0.335 e. The first-order valence-corrected chi connectivity index (χ1v) is 9.38. The van der Waals surface area contributed by atoms with Crippen LogP contribution in [0.15, 0.2) is 64.5 Å². The Kier molecular flexibility index (Phi) is 6.33. The average Bonchev–Trinajstić information content (AvgIpc) is 2.71. The summed E-state index contributed by atoms with van der Waals surface area (Å²) in [7, 11) is 1.58. The molecule has 1 heterocycles. The Morgan fingerprint density at radius 1 is 1.14 bits per heavy atom. The summed E-state index contributed by atoms with van der Waals surface area (Å²) >= 11 is 1.36. The molecular weight excluding hydrogens is 380 g/mol. The molecule has 1 aromatic heterocycles. The fraction of sp³-hybridized carbons (Fsp3) is 0.150. The molecule has 0 radical (unpaired) electrons. The summed E-state index contributed by atoms with van der Waals surface area (Å²) in [6, 6.07) is 15.0. The van der Waals surface area contributed by atoms with Crippen molar-refractivity contribution in [2.75, 3.05) is 19.5 Å². The number of rotatable bonds is 8. The molecule has 0 fully saturated rings. The molecule has 7 nitrogen and oxygen atoms in total. The molecule has 0 saturated heterocycles. The number of aromatic nitrogens is 2. The number of hydrogen-bond acceptors (Lipinski definition) is 6. The van der Waals surface area contributed by atoms with Crippen molar-refractivity contribution in [3.63, 3.8) is 0 Å². The molecule has 2 N–H and O–H groups in total. The third-order valence-corrected chi connectivity index (χ3v) is 4.62.